The summed E-state index contributed by atoms with van der Waals surface area (Å²) in [7, 11) is 0. The van der Waals surface area contributed by atoms with Gasteiger partial charge in [0.15, 0.2) is 0 Å². The number of hydrogen-bond acceptors (Lipinski definition) is 1. The van der Waals surface area contributed by atoms with Gasteiger partial charge in [0.1, 0.15) is 0 Å². The van der Waals surface area contributed by atoms with Crippen LogP contribution < -0.4 is 5.32 Å². The molecule has 1 heterocycles. The summed E-state index contributed by atoms with van der Waals surface area (Å²) in [5.74, 6) is 0.885. The minimum absolute atomic E-state index is 0.601. The summed E-state index contributed by atoms with van der Waals surface area (Å²) >= 11 is 0. The third kappa shape index (κ3) is 1.84. The fraction of sp³-hybridized carbons (Fsp3) is 1.00. The van der Waals surface area contributed by atoms with E-state index in [2.05, 4.69) is 26.1 Å². The normalized spacial score (nSPS) is 42.6. The van der Waals surface area contributed by atoms with Crippen LogP contribution in [0.3, 0.4) is 0 Å². The predicted octanol–water partition coefficient (Wildman–Crippen LogP) is 3.20. The van der Waals surface area contributed by atoms with E-state index in [1.165, 1.54) is 45.2 Å². The molecule has 1 aliphatic carbocycles. The Hall–Kier alpha value is -0.0400. The van der Waals surface area contributed by atoms with Crippen LogP contribution in [0.5, 0.6) is 0 Å². The van der Waals surface area contributed by atoms with Crippen molar-refractivity contribution in [3.8, 4) is 0 Å². The van der Waals surface area contributed by atoms with Crippen molar-refractivity contribution in [3.63, 3.8) is 0 Å². The molecule has 0 radical (unpaired) electrons. The molecule has 1 saturated heterocycles. The Morgan fingerprint density at radius 1 is 1.14 bits per heavy atom. The van der Waals surface area contributed by atoms with Crippen LogP contribution in [0.2, 0.25) is 0 Å². The van der Waals surface area contributed by atoms with Crippen LogP contribution in [-0.2, 0) is 0 Å². The zero-order valence-electron chi connectivity index (χ0n) is 10.0. The number of piperidine rings is 1. The van der Waals surface area contributed by atoms with Gasteiger partial charge in [0.25, 0.3) is 0 Å². The molecule has 2 rings (SSSR count). The molecule has 0 amide bonds. The first kappa shape index (κ1) is 10.5. The van der Waals surface area contributed by atoms with Gasteiger partial charge >= 0.3 is 0 Å². The minimum Gasteiger partial charge on any atom is -0.316 e. The first-order valence-electron chi connectivity index (χ1n) is 6.25. The minimum atomic E-state index is 0.601. The SMILES string of the molecule is CC1CNCCC12CCCC(C)(C)C2. The quantitative estimate of drug-likeness (QED) is 0.626. The molecule has 0 bridgehead atoms. The van der Waals surface area contributed by atoms with Gasteiger partial charge in [-0.05, 0) is 55.5 Å². The fourth-order valence-corrected chi connectivity index (χ4v) is 3.80. The van der Waals surface area contributed by atoms with Crippen LogP contribution in [0.25, 0.3) is 0 Å². The van der Waals surface area contributed by atoms with Gasteiger partial charge in [-0.1, -0.05) is 27.2 Å². The van der Waals surface area contributed by atoms with E-state index in [1.54, 1.807) is 0 Å². The highest BCUT2D eigenvalue weighted by molar-refractivity contribution is 4.96. The van der Waals surface area contributed by atoms with Gasteiger partial charge in [0.05, 0.1) is 0 Å². The highest BCUT2D eigenvalue weighted by Gasteiger charge is 2.44. The Morgan fingerprint density at radius 2 is 1.93 bits per heavy atom. The van der Waals surface area contributed by atoms with E-state index in [0.29, 0.717) is 10.8 Å². The van der Waals surface area contributed by atoms with Crippen molar-refractivity contribution in [1.29, 1.82) is 0 Å². The average Bonchev–Trinajstić information content (AvgIpc) is 2.09. The lowest BCUT2D eigenvalue weighted by Gasteiger charge is -2.51. The lowest BCUT2D eigenvalue weighted by Crippen LogP contribution is -2.47. The van der Waals surface area contributed by atoms with Crippen LogP contribution in [0.4, 0.5) is 0 Å². The molecule has 2 atom stereocenters. The Kier molecular flexibility index (Phi) is 2.63. The molecule has 1 aliphatic heterocycles. The summed E-state index contributed by atoms with van der Waals surface area (Å²) in [6.45, 7) is 9.87. The van der Waals surface area contributed by atoms with Gasteiger partial charge in [-0.3, -0.25) is 0 Å². The number of nitrogens with one attached hydrogen (secondary N) is 1. The average molecular weight is 195 g/mol. The van der Waals surface area contributed by atoms with Gasteiger partial charge in [0.2, 0.25) is 0 Å². The van der Waals surface area contributed by atoms with Crippen molar-refractivity contribution in [2.45, 2.75) is 52.9 Å². The monoisotopic (exact) mass is 195 g/mol. The van der Waals surface area contributed by atoms with Crippen molar-refractivity contribution < 1.29 is 0 Å². The maximum Gasteiger partial charge on any atom is -0.00178 e. The highest BCUT2D eigenvalue weighted by atomic mass is 14.9. The van der Waals surface area contributed by atoms with E-state index in [9.17, 15) is 0 Å². The molecule has 82 valence electrons. The molecule has 1 spiro atoms. The molecule has 2 fully saturated rings. The molecule has 0 aromatic rings. The first-order valence-corrected chi connectivity index (χ1v) is 6.25. The lowest BCUT2D eigenvalue weighted by molar-refractivity contribution is 0.00985. The van der Waals surface area contributed by atoms with Gasteiger partial charge in [0, 0.05) is 0 Å². The van der Waals surface area contributed by atoms with Crippen LogP contribution >= 0.6 is 0 Å². The summed E-state index contributed by atoms with van der Waals surface area (Å²) in [6.07, 6.45) is 7.26. The van der Waals surface area contributed by atoms with Crippen molar-refractivity contribution in [2.24, 2.45) is 16.7 Å². The molecule has 1 saturated carbocycles. The molecule has 2 aliphatic rings. The highest BCUT2D eigenvalue weighted by Crippen LogP contribution is 2.52. The fourth-order valence-electron chi connectivity index (χ4n) is 3.80. The third-order valence-electron chi connectivity index (χ3n) is 4.65. The van der Waals surface area contributed by atoms with Gasteiger partial charge in [-0.2, -0.15) is 0 Å². The maximum atomic E-state index is 3.53. The van der Waals surface area contributed by atoms with E-state index in [1.807, 2.05) is 0 Å². The standard InChI is InChI=1S/C13H25N/c1-11-9-14-8-7-13(11)6-4-5-12(2,3)10-13/h11,14H,4-10H2,1-3H3. The van der Waals surface area contributed by atoms with Gasteiger partial charge in [-0.25, -0.2) is 0 Å². The second-order valence-corrected chi connectivity index (χ2v) is 6.41. The summed E-state index contributed by atoms with van der Waals surface area (Å²) < 4.78 is 0. The summed E-state index contributed by atoms with van der Waals surface area (Å²) in [5, 5.41) is 3.53. The summed E-state index contributed by atoms with van der Waals surface area (Å²) in [6, 6.07) is 0. The smallest absolute Gasteiger partial charge is 0.00178 e. The Bertz CT molecular complexity index is 205. The third-order valence-corrected chi connectivity index (χ3v) is 4.65. The summed E-state index contributed by atoms with van der Waals surface area (Å²) in [5.41, 5.74) is 1.29. The number of hydrogen-bond donors (Lipinski definition) is 1. The maximum absolute atomic E-state index is 3.53. The Morgan fingerprint density at radius 3 is 2.57 bits per heavy atom. The molecule has 1 heteroatoms. The summed E-state index contributed by atoms with van der Waals surface area (Å²) in [4.78, 5) is 0. The molecule has 14 heavy (non-hydrogen) atoms. The second kappa shape index (κ2) is 3.52. The predicted molar refractivity (Wildman–Crippen MR) is 61.3 cm³/mol. The molecule has 2 unspecified atom stereocenters. The zero-order chi connectivity index (χ0) is 10.2. The second-order valence-electron chi connectivity index (χ2n) is 6.41. The molecule has 1 N–H and O–H groups in total. The van der Waals surface area contributed by atoms with Crippen molar-refractivity contribution in [2.75, 3.05) is 13.1 Å². The van der Waals surface area contributed by atoms with E-state index >= 15 is 0 Å². The van der Waals surface area contributed by atoms with Crippen LogP contribution in [0.1, 0.15) is 52.9 Å². The van der Waals surface area contributed by atoms with Crippen LogP contribution in [-0.4, -0.2) is 13.1 Å². The zero-order valence-corrected chi connectivity index (χ0v) is 10.0. The molecular weight excluding hydrogens is 170 g/mol. The van der Waals surface area contributed by atoms with E-state index in [0.717, 1.165) is 5.92 Å². The van der Waals surface area contributed by atoms with Crippen molar-refractivity contribution >= 4 is 0 Å². The van der Waals surface area contributed by atoms with Crippen molar-refractivity contribution in [1.82, 2.24) is 5.32 Å². The topological polar surface area (TPSA) is 12.0 Å². The molecule has 0 aromatic heterocycles. The van der Waals surface area contributed by atoms with Crippen LogP contribution in [0.15, 0.2) is 0 Å². The largest absolute Gasteiger partial charge is 0.316 e. The Labute approximate surface area is 88.7 Å². The number of rotatable bonds is 0. The van der Waals surface area contributed by atoms with Crippen LogP contribution in [0, 0.1) is 16.7 Å². The van der Waals surface area contributed by atoms with E-state index in [-0.39, 0.29) is 0 Å². The van der Waals surface area contributed by atoms with Gasteiger partial charge in [-0.15, -0.1) is 0 Å². The Balaban J connectivity index is 2.13. The molecular formula is C13H25N. The lowest BCUT2D eigenvalue weighted by atomic mass is 9.56. The first-order chi connectivity index (χ1) is 6.54. The van der Waals surface area contributed by atoms with E-state index in [4.69, 9.17) is 0 Å². The van der Waals surface area contributed by atoms with E-state index < -0.39 is 0 Å². The molecule has 1 nitrogen and oxygen atoms in total. The molecule has 0 aromatic carbocycles. The van der Waals surface area contributed by atoms with Gasteiger partial charge < -0.3 is 5.32 Å². The van der Waals surface area contributed by atoms with Crippen molar-refractivity contribution in [3.05, 3.63) is 0 Å².